The van der Waals surface area contributed by atoms with Crippen molar-refractivity contribution in [2.24, 2.45) is 0 Å². The highest BCUT2D eigenvalue weighted by atomic mass is 32.2. The minimum atomic E-state index is -0.298. The van der Waals surface area contributed by atoms with E-state index in [0.29, 0.717) is 17.0 Å². The number of amides is 1. The van der Waals surface area contributed by atoms with Gasteiger partial charge in [0.1, 0.15) is 5.82 Å². The Morgan fingerprint density at radius 3 is 2.90 bits per heavy atom. The quantitative estimate of drug-likeness (QED) is 0.817. The van der Waals surface area contributed by atoms with Gasteiger partial charge in [-0.05, 0) is 24.6 Å². The highest BCUT2D eigenvalue weighted by Gasteiger charge is 2.10. The lowest BCUT2D eigenvalue weighted by Crippen LogP contribution is -2.37. The summed E-state index contributed by atoms with van der Waals surface area (Å²) < 4.78 is 18.7. The van der Waals surface area contributed by atoms with Crippen molar-refractivity contribution in [1.82, 2.24) is 4.90 Å². The van der Waals surface area contributed by atoms with Crippen LogP contribution in [0.3, 0.4) is 0 Å². The van der Waals surface area contributed by atoms with Crippen molar-refractivity contribution in [1.29, 1.82) is 0 Å². The molecule has 0 spiro atoms. The van der Waals surface area contributed by atoms with Crippen LogP contribution in [-0.4, -0.2) is 55.2 Å². The van der Waals surface area contributed by atoms with Crippen LogP contribution in [0, 0.1) is 12.7 Å². The number of ether oxygens (including phenoxy) is 1. The highest BCUT2D eigenvalue weighted by molar-refractivity contribution is 7.99. The molecule has 1 fully saturated rings. The van der Waals surface area contributed by atoms with Crippen molar-refractivity contribution < 1.29 is 13.9 Å². The molecular weight excluding hydrogens is 291 g/mol. The van der Waals surface area contributed by atoms with Crippen LogP contribution in [0.1, 0.15) is 5.56 Å². The highest BCUT2D eigenvalue weighted by Crippen LogP contribution is 2.14. The molecule has 1 amide bonds. The third-order valence-corrected chi connectivity index (χ3v) is 4.28. The average Bonchev–Trinajstić information content (AvgIpc) is 2.49. The molecule has 2 rings (SSSR count). The average molecular weight is 312 g/mol. The zero-order valence-electron chi connectivity index (χ0n) is 12.2. The fourth-order valence-electron chi connectivity index (χ4n) is 2.05. The smallest absolute Gasteiger partial charge is 0.234 e. The number of morpholine rings is 1. The summed E-state index contributed by atoms with van der Waals surface area (Å²) in [5, 5.41) is 2.72. The topological polar surface area (TPSA) is 41.6 Å². The summed E-state index contributed by atoms with van der Waals surface area (Å²) in [4.78, 5) is 14.1. The lowest BCUT2D eigenvalue weighted by Gasteiger charge is -2.26. The molecule has 0 bridgehead atoms. The number of nitrogens with one attached hydrogen (secondary N) is 1. The van der Waals surface area contributed by atoms with E-state index >= 15 is 0 Å². The molecule has 0 aromatic heterocycles. The standard InChI is InChI=1S/C15H21FN2O2S/c1-12-2-3-13(10-14(12)16)17-15(19)11-21-9-6-18-4-7-20-8-5-18/h2-3,10H,4-9,11H2,1H3,(H,17,19). The maximum atomic E-state index is 13.4. The molecule has 116 valence electrons. The monoisotopic (exact) mass is 312 g/mol. The van der Waals surface area contributed by atoms with Crippen molar-refractivity contribution >= 4 is 23.4 Å². The van der Waals surface area contributed by atoms with E-state index in [9.17, 15) is 9.18 Å². The van der Waals surface area contributed by atoms with E-state index < -0.39 is 0 Å². The van der Waals surface area contributed by atoms with Gasteiger partial charge in [-0.15, -0.1) is 0 Å². The number of carbonyl (C=O) groups excluding carboxylic acids is 1. The molecule has 1 aliphatic rings. The van der Waals surface area contributed by atoms with Gasteiger partial charge in [0, 0.05) is 31.1 Å². The zero-order valence-corrected chi connectivity index (χ0v) is 13.0. The van der Waals surface area contributed by atoms with Crippen LogP contribution >= 0.6 is 11.8 Å². The third kappa shape index (κ3) is 5.65. The number of halogens is 1. The van der Waals surface area contributed by atoms with E-state index in [1.165, 1.54) is 6.07 Å². The zero-order chi connectivity index (χ0) is 15.1. The number of benzene rings is 1. The van der Waals surface area contributed by atoms with E-state index in [4.69, 9.17) is 4.74 Å². The van der Waals surface area contributed by atoms with Crippen molar-refractivity contribution in [3.63, 3.8) is 0 Å². The van der Waals surface area contributed by atoms with E-state index in [2.05, 4.69) is 10.2 Å². The summed E-state index contributed by atoms with van der Waals surface area (Å²) in [6.45, 7) is 6.20. The summed E-state index contributed by atoms with van der Waals surface area (Å²) in [7, 11) is 0. The van der Waals surface area contributed by atoms with Crippen molar-refractivity contribution in [3.05, 3.63) is 29.6 Å². The molecule has 1 aromatic carbocycles. The van der Waals surface area contributed by atoms with E-state index in [1.807, 2.05) is 0 Å². The predicted molar refractivity (Wildman–Crippen MR) is 84.4 cm³/mol. The van der Waals surface area contributed by atoms with Crippen LogP contribution in [0.5, 0.6) is 0 Å². The summed E-state index contributed by atoms with van der Waals surface area (Å²) in [6, 6.07) is 4.73. The minimum Gasteiger partial charge on any atom is -0.379 e. The molecule has 4 nitrogen and oxygen atoms in total. The van der Waals surface area contributed by atoms with Gasteiger partial charge in [-0.2, -0.15) is 11.8 Å². The van der Waals surface area contributed by atoms with Gasteiger partial charge in [0.15, 0.2) is 0 Å². The Hall–Kier alpha value is -1.11. The van der Waals surface area contributed by atoms with E-state index in [1.54, 1.807) is 30.8 Å². The third-order valence-electron chi connectivity index (χ3n) is 3.34. The first-order valence-corrected chi connectivity index (χ1v) is 8.24. The fraction of sp³-hybridized carbons (Fsp3) is 0.533. The molecule has 6 heteroatoms. The van der Waals surface area contributed by atoms with Crippen LogP contribution in [0.15, 0.2) is 18.2 Å². The number of carbonyl (C=O) groups is 1. The molecular formula is C15H21FN2O2S. The van der Waals surface area contributed by atoms with Gasteiger partial charge in [0.05, 0.1) is 19.0 Å². The van der Waals surface area contributed by atoms with Crippen LogP contribution in [-0.2, 0) is 9.53 Å². The second-order valence-electron chi connectivity index (χ2n) is 5.02. The van der Waals surface area contributed by atoms with Gasteiger partial charge in [-0.1, -0.05) is 6.07 Å². The molecule has 0 radical (unpaired) electrons. The molecule has 0 atom stereocenters. The SMILES string of the molecule is Cc1ccc(NC(=O)CSCCN2CCOCC2)cc1F. The Kier molecular flexibility index (Phi) is 6.48. The van der Waals surface area contributed by atoms with Gasteiger partial charge in [-0.25, -0.2) is 4.39 Å². The van der Waals surface area contributed by atoms with E-state index in [0.717, 1.165) is 38.6 Å². The van der Waals surface area contributed by atoms with Crippen LogP contribution in [0.25, 0.3) is 0 Å². The summed E-state index contributed by atoms with van der Waals surface area (Å²) in [5.74, 6) is 0.910. The molecule has 1 aromatic rings. The maximum absolute atomic E-state index is 13.4. The minimum absolute atomic E-state index is 0.0924. The number of hydrogen-bond acceptors (Lipinski definition) is 4. The number of hydrogen-bond donors (Lipinski definition) is 1. The number of anilines is 1. The Morgan fingerprint density at radius 1 is 1.43 bits per heavy atom. The summed E-state index contributed by atoms with van der Waals surface area (Å²) in [5.41, 5.74) is 1.09. The van der Waals surface area contributed by atoms with Crippen LogP contribution in [0.4, 0.5) is 10.1 Å². The second kappa shape index (κ2) is 8.36. The fourth-order valence-corrected chi connectivity index (χ4v) is 2.84. The van der Waals surface area contributed by atoms with Crippen molar-refractivity contribution in [3.8, 4) is 0 Å². The first kappa shape index (κ1) is 16.3. The van der Waals surface area contributed by atoms with Crippen molar-refractivity contribution in [2.75, 3.05) is 49.7 Å². The Morgan fingerprint density at radius 2 is 2.19 bits per heavy atom. The maximum Gasteiger partial charge on any atom is 0.234 e. The Bertz CT molecular complexity index is 479. The largest absolute Gasteiger partial charge is 0.379 e. The molecule has 0 aliphatic carbocycles. The van der Waals surface area contributed by atoms with Gasteiger partial charge >= 0.3 is 0 Å². The number of nitrogens with zero attached hydrogens (tertiary/aromatic N) is 1. The molecule has 0 unspecified atom stereocenters. The summed E-state index contributed by atoms with van der Waals surface area (Å²) >= 11 is 1.59. The van der Waals surface area contributed by atoms with E-state index in [-0.39, 0.29) is 11.7 Å². The van der Waals surface area contributed by atoms with Gasteiger partial charge in [-0.3, -0.25) is 9.69 Å². The predicted octanol–water partition coefficient (Wildman–Crippen LogP) is 2.14. The lowest BCUT2D eigenvalue weighted by molar-refractivity contribution is -0.113. The van der Waals surface area contributed by atoms with Crippen molar-refractivity contribution in [2.45, 2.75) is 6.92 Å². The first-order chi connectivity index (χ1) is 10.1. The normalized spacial score (nSPS) is 15.9. The molecule has 21 heavy (non-hydrogen) atoms. The molecule has 0 saturated carbocycles. The lowest BCUT2D eigenvalue weighted by atomic mass is 10.2. The first-order valence-electron chi connectivity index (χ1n) is 7.09. The van der Waals surface area contributed by atoms with Gasteiger partial charge in [0.2, 0.25) is 5.91 Å². The van der Waals surface area contributed by atoms with Crippen LogP contribution < -0.4 is 5.32 Å². The molecule has 1 N–H and O–H groups in total. The number of aryl methyl sites for hydroxylation is 1. The number of rotatable bonds is 6. The Balaban J connectivity index is 1.63. The molecule has 1 saturated heterocycles. The second-order valence-corrected chi connectivity index (χ2v) is 6.12. The molecule has 1 heterocycles. The van der Waals surface area contributed by atoms with Crippen LogP contribution in [0.2, 0.25) is 0 Å². The van der Waals surface area contributed by atoms with Gasteiger partial charge < -0.3 is 10.1 Å². The van der Waals surface area contributed by atoms with Gasteiger partial charge in [0.25, 0.3) is 0 Å². The Labute approximate surface area is 129 Å². The number of thioether (sulfide) groups is 1. The molecule has 1 aliphatic heterocycles. The summed E-state index contributed by atoms with van der Waals surface area (Å²) in [6.07, 6.45) is 0.